The van der Waals surface area contributed by atoms with Gasteiger partial charge in [-0.3, -0.25) is 9.36 Å². The molecule has 140 valence electrons. The highest BCUT2D eigenvalue weighted by molar-refractivity contribution is 7.13. The van der Waals surface area contributed by atoms with Gasteiger partial charge in [-0.15, -0.1) is 11.3 Å². The van der Waals surface area contributed by atoms with Gasteiger partial charge in [0.1, 0.15) is 0 Å². The molecule has 0 atom stereocenters. The Morgan fingerprint density at radius 3 is 2.52 bits per heavy atom. The lowest BCUT2D eigenvalue weighted by atomic mass is 10.1. The van der Waals surface area contributed by atoms with Crippen molar-refractivity contribution in [3.8, 4) is 0 Å². The van der Waals surface area contributed by atoms with Gasteiger partial charge in [0.2, 0.25) is 0 Å². The summed E-state index contributed by atoms with van der Waals surface area (Å²) in [5, 5.41) is 3.85. The Morgan fingerprint density at radius 2 is 1.78 bits per heavy atom. The van der Waals surface area contributed by atoms with E-state index in [1.165, 1.54) is 12.8 Å². The van der Waals surface area contributed by atoms with Crippen molar-refractivity contribution >= 4 is 33.1 Å². The number of hydrogen-bond donors (Lipinski definition) is 0. The normalized spacial score (nSPS) is 18.5. The van der Waals surface area contributed by atoms with E-state index in [0.717, 1.165) is 60.7 Å². The number of thiazole rings is 1. The summed E-state index contributed by atoms with van der Waals surface area (Å²) >= 11 is 1.69. The molecule has 3 aromatic rings. The number of nitrogens with zero attached hydrogens (tertiary/aromatic N) is 5. The van der Waals surface area contributed by atoms with E-state index in [0.29, 0.717) is 6.04 Å². The first-order chi connectivity index (χ1) is 13.3. The van der Waals surface area contributed by atoms with Gasteiger partial charge >= 0.3 is 0 Å². The van der Waals surface area contributed by atoms with Crippen LogP contribution in [0.15, 0.2) is 40.9 Å². The van der Waals surface area contributed by atoms with Crippen LogP contribution in [0.2, 0.25) is 0 Å². The van der Waals surface area contributed by atoms with Crippen LogP contribution in [0.3, 0.4) is 0 Å². The minimum Gasteiger partial charge on any atom is -0.368 e. The quantitative estimate of drug-likeness (QED) is 0.697. The van der Waals surface area contributed by atoms with Crippen LogP contribution >= 0.6 is 11.3 Å². The molecule has 0 unspecified atom stereocenters. The van der Waals surface area contributed by atoms with Gasteiger partial charge in [-0.1, -0.05) is 12.8 Å². The highest BCUT2D eigenvalue weighted by Crippen LogP contribution is 2.29. The predicted molar refractivity (Wildman–Crippen MR) is 110 cm³/mol. The number of piperazine rings is 1. The largest absolute Gasteiger partial charge is 0.368 e. The highest BCUT2D eigenvalue weighted by Gasteiger charge is 2.21. The van der Waals surface area contributed by atoms with E-state index in [2.05, 4.69) is 31.9 Å². The van der Waals surface area contributed by atoms with E-state index in [4.69, 9.17) is 0 Å². The maximum absolute atomic E-state index is 12.9. The first kappa shape index (κ1) is 16.7. The SMILES string of the molecule is O=c1c2ccc(N3CCN(c4nccs4)CC3)cc2ncn1C1CCCC1. The van der Waals surface area contributed by atoms with Crippen LogP contribution in [0, 0.1) is 0 Å². The smallest absolute Gasteiger partial charge is 0.261 e. The third kappa shape index (κ3) is 3.10. The second kappa shape index (κ2) is 6.96. The molecule has 2 aliphatic rings. The van der Waals surface area contributed by atoms with Crippen molar-refractivity contribution in [1.82, 2.24) is 14.5 Å². The van der Waals surface area contributed by atoms with Gasteiger partial charge in [-0.25, -0.2) is 9.97 Å². The van der Waals surface area contributed by atoms with Gasteiger partial charge in [0.25, 0.3) is 5.56 Å². The van der Waals surface area contributed by atoms with Crippen LogP contribution in [0.5, 0.6) is 0 Å². The molecule has 2 fully saturated rings. The minimum atomic E-state index is 0.104. The Hall–Kier alpha value is -2.41. The molecule has 2 aromatic heterocycles. The van der Waals surface area contributed by atoms with Crippen molar-refractivity contribution in [3.63, 3.8) is 0 Å². The molecule has 0 amide bonds. The molecule has 1 aliphatic carbocycles. The Labute approximate surface area is 162 Å². The molecule has 1 saturated carbocycles. The van der Waals surface area contributed by atoms with Crippen molar-refractivity contribution in [2.45, 2.75) is 31.7 Å². The zero-order chi connectivity index (χ0) is 18.2. The maximum atomic E-state index is 12.9. The predicted octanol–water partition coefficient (Wildman–Crippen LogP) is 3.29. The van der Waals surface area contributed by atoms with E-state index >= 15 is 0 Å². The number of hydrogen-bond acceptors (Lipinski definition) is 6. The summed E-state index contributed by atoms with van der Waals surface area (Å²) in [5.74, 6) is 0. The van der Waals surface area contributed by atoms with Crippen molar-refractivity contribution < 1.29 is 0 Å². The van der Waals surface area contributed by atoms with Crippen LogP contribution in [-0.4, -0.2) is 40.7 Å². The molecule has 3 heterocycles. The van der Waals surface area contributed by atoms with Crippen LogP contribution in [0.4, 0.5) is 10.8 Å². The third-order valence-corrected chi connectivity index (χ3v) is 6.65. The number of anilines is 2. The summed E-state index contributed by atoms with van der Waals surface area (Å²) < 4.78 is 1.85. The molecule has 1 aliphatic heterocycles. The second-order valence-corrected chi connectivity index (χ2v) is 8.26. The summed E-state index contributed by atoms with van der Waals surface area (Å²) in [6.45, 7) is 3.82. The fraction of sp³-hybridized carbons (Fsp3) is 0.450. The Kier molecular flexibility index (Phi) is 4.32. The molecule has 1 saturated heterocycles. The summed E-state index contributed by atoms with van der Waals surface area (Å²) in [7, 11) is 0. The summed E-state index contributed by atoms with van der Waals surface area (Å²) in [6.07, 6.45) is 8.22. The highest BCUT2D eigenvalue weighted by atomic mass is 32.1. The molecule has 5 rings (SSSR count). The lowest BCUT2D eigenvalue weighted by Crippen LogP contribution is -2.46. The molecule has 0 N–H and O–H groups in total. The van der Waals surface area contributed by atoms with E-state index in [9.17, 15) is 4.79 Å². The molecule has 0 spiro atoms. The molecule has 0 bridgehead atoms. The zero-order valence-electron chi connectivity index (χ0n) is 15.3. The minimum absolute atomic E-state index is 0.104. The Bertz CT molecular complexity index is 985. The average molecular weight is 382 g/mol. The Balaban J connectivity index is 1.37. The molecule has 6 nitrogen and oxygen atoms in total. The topological polar surface area (TPSA) is 54.3 Å². The number of fused-ring (bicyclic) bond motifs is 1. The Morgan fingerprint density at radius 1 is 1.00 bits per heavy atom. The van der Waals surface area contributed by atoms with Gasteiger partial charge in [-0.05, 0) is 31.0 Å². The van der Waals surface area contributed by atoms with Crippen LogP contribution < -0.4 is 15.4 Å². The van der Waals surface area contributed by atoms with Gasteiger partial charge < -0.3 is 9.80 Å². The van der Waals surface area contributed by atoms with Crippen molar-refractivity contribution in [1.29, 1.82) is 0 Å². The fourth-order valence-electron chi connectivity index (χ4n) is 4.29. The van der Waals surface area contributed by atoms with Gasteiger partial charge in [-0.2, -0.15) is 0 Å². The number of benzene rings is 1. The van der Waals surface area contributed by atoms with E-state index in [1.807, 2.05) is 22.2 Å². The van der Waals surface area contributed by atoms with Crippen molar-refractivity contribution in [2.24, 2.45) is 0 Å². The third-order valence-electron chi connectivity index (χ3n) is 5.82. The molecule has 7 heteroatoms. The van der Waals surface area contributed by atoms with Gasteiger partial charge in [0, 0.05) is 49.5 Å². The average Bonchev–Trinajstić information content (AvgIpc) is 3.42. The zero-order valence-corrected chi connectivity index (χ0v) is 16.1. The molecule has 27 heavy (non-hydrogen) atoms. The summed E-state index contributed by atoms with van der Waals surface area (Å²) in [5.41, 5.74) is 2.05. The second-order valence-electron chi connectivity index (χ2n) is 7.39. The first-order valence-corrected chi connectivity index (χ1v) is 10.6. The van der Waals surface area contributed by atoms with E-state index in [1.54, 1.807) is 17.7 Å². The fourth-order valence-corrected chi connectivity index (χ4v) is 4.99. The van der Waals surface area contributed by atoms with E-state index < -0.39 is 0 Å². The van der Waals surface area contributed by atoms with E-state index in [-0.39, 0.29) is 5.56 Å². The van der Waals surface area contributed by atoms with Crippen molar-refractivity contribution in [3.05, 3.63) is 46.5 Å². The van der Waals surface area contributed by atoms with Crippen LogP contribution in [0.1, 0.15) is 31.7 Å². The first-order valence-electron chi connectivity index (χ1n) is 9.70. The van der Waals surface area contributed by atoms with Gasteiger partial charge in [0.05, 0.1) is 17.2 Å². The van der Waals surface area contributed by atoms with Crippen LogP contribution in [0.25, 0.3) is 10.9 Å². The molecule has 0 radical (unpaired) electrons. The standard InChI is InChI=1S/C20H23N5OS/c26-19-17-6-5-16(13-18(17)22-14-25(19)15-3-1-2-4-15)23-8-10-24(11-9-23)20-21-7-12-27-20/h5-7,12-15H,1-4,8-11H2. The van der Waals surface area contributed by atoms with Crippen molar-refractivity contribution in [2.75, 3.05) is 36.0 Å². The lowest BCUT2D eigenvalue weighted by molar-refractivity contribution is 0.499. The molecule has 1 aromatic carbocycles. The lowest BCUT2D eigenvalue weighted by Gasteiger charge is -2.36. The van der Waals surface area contributed by atoms with Gasteiger partial charge in [0.15, 0.2) is 5.13 Å². The summed E-state index contributed by atoms with van der Waals surface area (Å²) in [4.78, 5) is 26.6. The number of aromatic nitrogens is 3. The molecular formula is C20H23N5OS. The molecular weight excluding hydrogens is 358 g/mol. The monoisotopic (exact) mass is 381 g/mol. The maximum Gasteiger partial charge on any atom is 0.261 e. The van der Waals surface area contributed by atoms with Crippen LogP contribution in [-0.2, 0) is 0 Å². The number of rotatable bonds is 3. The summed E-state index contributed by atoms with van der Waals surface area (Å²) in [6, 6.07) is 6.42.